The zero-order valence-corrected chi connectivity index (χ0v) is 14.2. The lowest BCUT2D eigenvalue weighted by atomic mass is 10.2. The number of aromatic nitrogens is 5. The normalized spacial score (nSPS) is 18.9. The number of fused-ring (bicyclic) bond motifs is 1. The highest BCUT2D eigenvalue weighted by atomic mass is 16.5. The predicted molar refractivity (Wildman–Crippen MR) is 90.6 cm³/mol. The van der Waals surface area contributed by atoms with Crippen LogP contribution in [0.15, 0.2) is 34.9 Å². The van der Waals surface area contributed by atoms with Crippen LogP contribution in [0.3, 0.4) is 0 Å². The van der Waals surface area contributed by atoms with Gasteiger partial charge in [-0.3, -0.25) is 4.90 Å². The van der Waals surface area contributed by atoms with Gasteiger partial charge in [0.2, 0.25) is 11.7 Å². The van der Waals surface area contributed by atoms with E-state index in [1.54, 1.807) is 0 Å². The molecule has 0 unspecified atom stereocenters. The zero-order chi connectivity index (χ0) is 16.8. The van der Waals surface area contributed by atoms with Crippen molar-refractivity contribution in [3.05, 3.63) is 47.9 Å². The monoisotopic (exact) mass is 336 g/mol. The van der Waals surface area contributed by atoms with Gasteiger partial charge < -0.3 is 9.09 Å². The molecule has 0 spiro atoms. The lowest BCUT2D eigenvalue weighted by Crippen LogP contribution is -2.36. The number of nitrogens with zero attached hydrogens (tertiary/aromatic N) is 6. The molecule has 2 aliphatic rings. The van der Waals surface area contributed by atoms with Gasteiger partial charge in [0.05, 0.1) is 12.6 Å². The van der Waals surface area contributed by atoms with Crippen molar-refractivity contribution in [3.63, 3.8) is 0 Å². The molecule has 25 heavy (non-hydrogen) atoms. The van der Waals surface area contributed by atoms with E-state index in [1.165, 1.54) is 18.7 Å². The molecule has 1 aliphatic heterocycles. The number of hydrogen-bond donors (Lipinski definition) is 0. The molecule has 7 nitrogen and oxygen atoms in total. The van der Waals surface area contributed by atoms with Crippen LogP contribution in [0.4, 0.5) is 0 Å². The van der Waals surface area contributed by atoms with Crippen LogP contribution in [-0.4, -0.2) is 36.3 Å². The Kier molecular flexibility index (Phi) is 3.41. The minimum Gasteiger partial charge on any atom is -0.337 e. The van der Waals surface area contributed by atoms with Gasteiger partial charge in [0, 0.05) is 24.6 Å². The average Bonchev–Trinajstić information content (AvgIpc) is 3.22. The molecule has 0 bridgehead atoms. The Labute approximate surface area is 145 Å². The van der Waals surface area contributed by atoms with Gasteiger partial charge in [-0.15, -0.1) is 10.2 Å². The second kappa shape index (κ2) is 5.77. The van der Waals surface area contributed by atoms with E-state index in [1.807, 2.05) is 30.3 Å². The molecule has 1 aliphatic carbocycles. The molecule has 1 saturated carbocycles. The Morgan fingerprint density at radius 2 is 1.96 bits per heavy atom. The zero-order valence-electron chi connectivity index (χ0n) is 14.2. The Hall–Kier alpha value is -2.54. The van der Waals surface area contributed by atoms with E-state index in [4.69, 9.17) is 4.52 Å². The van der Waals surface area contributed by atoms with Crippen molar-refractivity contribution < 1.29 is 4.52 Å². The summed E-state index contributed by atoms with van der Waals surface area (Å²) < 4.78 is 7.83. The third kappa shape index (κ3) is 2.64. The van der Waals surface area contributed by atoms with Crippen LogP contribution < -0.4 is 0 Å². The molecule has 1 fully saturated rings. The first-order valence-corrected chi connectivity index (χ1v) is 8.84. The van der Waals surface area contributed by atoms with E-state index in [-0.39, 0.29) is 6.04 Å². The van der Waals surface area contributed by atoms with Gasteiger partial charge >= 0.3 is 0 Å². The summed E-state index contributed by atoms with van der Waals surface area (Å²) in [7, 11) is 0. The van der Waals surface area contributed by atoms with Crippen LogP contribution in [0, 0.1) is 0 Å². The fraction of sp³-hybridized carbons (Fsp3) is 0.444. The average molecular weight is 336 g/mol. The van der Waals surface area contributed by atoms with Gasteiger partial charge in [-0.25, -0.2) is 0 Å². The van der Waals surface area contributed by atoms with Crippen molar-refractivity contribution in [1.29, 1.82) is 0 Å². The number of benzene rings is 1. The molecule has 0 saturated heterocycles. The van der Waals surface area contributed by atoms with Crippen molar-refractivity contribution in [3.8, 4) is 11.4 Å². The summed E-state index contributed by atoms with van der Waals surface area (Å²) in [6, 6.07) is 9.96. The van der Waals surface area contributed by atoms with Crippen molar-refractivity contribution >= 4 is 0 Å². The highest BCUT2D eigenvalue weighted by Crippen LogP contribution is 2.40. The smallest absolute Gasteiger partial charge is 0.244 e. The van der Waals surface area contributed by atoms with Crippen molar-refractivity contribution in [2.45, 2.75) is 44.8 Å². The van der Waals surface area contributed by atoms with E-state index >= 15 is 0 Å². The molecule has 3 heterocycles. The van der Waals surface area contributed by atoms with Crippen LogP contribution in [0.1, 0.15) is 49.3 Å². The van der Waals surface area contributed by atoms with Gasteiger partial charge in [0.15, 0.2) is 0 Å². The summed E-state index contributed by atoms with van der Waals surface area (Å²) in [5, 5.41) is 12.9. The molecule has 7 heteroatoms. The number of rotatable bonds is 4. The standard InChI is InChI=1S/C18H20N6O/c1-12(18-19-16(22-25-18)13-5-3-2-4-6-13)23-9-10-24-15(11-23)20-21-17(24)14-7-8-14/h2-6,12,14H,7-11H2,1H3/t12-/m1/s1. The Bertz CT molecular complexity index is 882. The maximum Gasteiger partial charge on any atom is 0.244 e. The van der Waals surface area contributed by atoms with Crippen LogP contribution in [-0.2, 0) is 13.1 Å². The van der Waals surface area contributed by atoms with E-state index in [9.17, 15) is 0 Å². The summed E-state index contributed by atoms with van der Waals surface area (Å²) in [6.07, 6.45) is 2.50. The molecule has 5 rings (SSSR count). The molecular formula is C18H20N6O. The summed E-state index contributed by atoms with van der Waals surface area (Å²) in [6.45, 7) is 4.74. The molecule has 128 valence electrons. The third-order valence-electron chi connectivity index (χ3n) is 5.13. The summed E-state index contributed by atoms with van der Waals surface area (Å²) in [5.41, 5.74) is 0.970. The van der Waals surface area contributed by atoms with Crippen LogP contribution in [0.2, 0.25) is 0 Å². The molecule has 1 aromatic carbocycles. The minimum absolute atomic E-state index is 0.0554. The Morgan fingerprint density at radius 1 is 1.12 bits per heavy atom. The van der Waals surface area contributed by atoms with Gasteiger partial charge in [-0.2, -0.15) is 4.98 Å². The lowest BCUT2D eigenvalue weighted by Gasteiger charge is -2.30. The van der Waals surface area contributed by atoms with E-state index in [2.05, 4.69) is 36.7 Å². The second-order valence-corrected chi connectivity index (χ2v) is 6.87. The topological polar surface area (TPSA) is 72.9 Å². The quantitative estimate of drug-likeness (QED) is 0.729. The van der Waals surface area contributed by atoms with Gasteiger partial charge in [-0.1, -0.05) is 35.5 Å². The fourth-order valence-corrected chi connectivity index (χ4v) is 3.44. The highest BCUT2D eigenvalue weighted by molar-refractivity contribution is 5.53. The Balaban J connectivity index is 1.34. The summed E-state index contributed by atoms with van der Waals surface area (Å²) in [5.74, 6) is 4.14. The maximum absolute atomic E-state index is 5.53. The van der Waals surface area contributed by atoms with E-state index < -0.39 is 0 Å². The van der Waals surface area contributed by atoms with E-state index in [0.717, 1.165) is 31.0 Å². The van der Waals surface area contributed by atoms with Gasteiger partial charge in [-0.05, 0) is 19.8 Å². The molecular weight excluding hydrogens is 316 g/mol. The van der Waals surface area contributed by atoms with Gasteiger partial charge in [0.1, 0.15) is 11.6 Å². The minimum atomic E-state index is 0.0554. The molecule has 1 atom stereocenters. The SMILES string of the molecule is C[C@H](c1nc(-c2ccccc2)no1)N1CCn2c(nnc2C2CC2)C1. The predicted octanol–water partition coefficient (Wildman–Crippen LogP) is 2.78. The van der Waals surface area contributed by atoms with E-state index in [0.29, 0.717) is 17.6 Å². The highest BCUT2D eigenvalue weighted by Gasteiger charge is 2.33. The Morgan fingerprint density at radius 3 is 2.76 bits per heavy atom. The van der Waals surface area contributed by atoms with Crippen molar-refractivity contribution in [1.82, 2.24) is 29.8 Å². The first kappa shape index (κ1) is 14.8. The van der Waals surface area contributed by atoms with Crippen LogP contribution >= 0.6 is 0 Å². The fourth-order valence-electron chi connectivity index (χ4n) is 3.44. The maximum atomic E-state index is 5.53. The molecule has 0 N–H and O–H groups in total. The first-order valence-electron chi connectivity index (χ1n) is 8.84. The van der Waals surface area contributed by atoms with Crippen LogP contribution in [0.25, 0.3) is 11.4 Å². The number of hydrogen-bond acceptors (Lipinski definition) is 6. The van der Waals surface area contributed by atoms with Crippen molar-refractivity contribution in [2.24, 2.45) is 0 Å². The third-order valence-corrected chi connectivity index (χ3v) is 5.13. The van der Waals surface area contributed by atoms with Crippen molar-refractivity contribution in [2.75, 3.05) is 6.54 Å². The molecule has 0 radical (unpaired) electrons. The lowest BCUT2D eigenvalue weighted by molar-refractivity contribution is 0.135. The van der Waals surface area contributed by atoms with Gasteiger partial charge in [0.25, 0.3) is 0 Å². The first-order chi connectivity index (χ1) is 12.3. The molecule has 2 aromatic heterocycles. The summed E-state index contributed by atoms with van der Waals surface area (Å²) >= 11 is 0. The molecule has 3 aromatic rings. The second-order valence-electron chi connectivity index (χ2n) is 6.87. The molecule has 0 amide bonds. The summed E-state index contributed by atoms with van der Waals surface area (Å²) in [4.78, 5) is 6.92. The largest absolute Gasteiger partial charge is 0.337 e. The van der Waals surface area contributed by atoms with Crippen LogP contribution in [0.5, 0.6) is 0 Å².